The van der Waals surface area contributed by atoms with Crippen LogP contribution in [0.2, 0.25) is 5.02 Å². The predicted octanol–water partition coefficient (Wildman–Crippen LogP) is 5.45. The van der Waals surface area contributed by atoms with Gasteiger partial charge in [-0.15, -0.1) is 0 Å². The number of amides is 2. The average Bonchev–Trinajstić information content (AvgIpc) is 2.98. The number of para-hydroxylation sites is 2. The Bertz CT molecular complexity index is 1680. The number of nitrogens with one attached hydrogen (secondary N) is 2. The fourth-order valence-corrected chi connectivity index (χ4v) is 5.26. The number of hydrogen-bond acceptors (Lipinski definition) is 7. The van der Waals surface area contributed by atoms with E-state index in [1.165, 1.54) is 13.1 Å². The largest absolute Gasteiger partial charge is 0.484 e. The molecule has 0 heterocycles. The first kappa shape index (κ1) is 31.1. The van der Waals surface area contributed by atoms with Gasteiger partial charge in [-0.25, -0.2) is 13.8 Å². The summed E-state index contributed by atoms with van der Waals surface area (Å²) in [4.78, 5) is 25.0. The van der Waals surface area contributed by atoms with Crippen molar-refractivity contribution in [1.29, 1.82) is 0 Å². The number of halogens is 1. The molecule has 0 radical (unpaired) electrons. The van der Waals surface area contributed by atoms with Gasteiger partial charge in [0.1, 0.15) is 23.3 Å². The molecule has 0 spiro atoms. The number of ether oxygens (including phenoxy) is 2. The number of benzene rings is 4. The zero-order chi connectivity index (χ0) is 30.8. The summed E-state index contributed by atoms with van der Waals surface area (Å²) in [7, 11) is -3.82. The first-order valence-corrected chi connectivity index (χ1v) is 15.3. The molecule has 10 nitrogen and oxygen atoms in total. The van der Waals surface area contributed by atoms with Crippen LogP contribution in [0.5, 0.6) is 17.2 Å². The van der Waals surface area contributed by atoms with Gasteiger partial charge < -0.3 is 14.8 Å². The first-order valence-electron chi connectivity index (χ1n) is 13.0. The minimum absolute atomic E-state index is 0.216. The molecule has 0 saturated heterocycles. The monoisotopic (exact) mass is 620 g/mol. The maximum atomic E-state index is 12.8. The van der Waals surface area contributed by atoms with Crippen LogP contribution >= 0.6 is 11.6 Å². The number of rotatable bonds is 12. The van der Waals surface area contributed by atoms with Crippen LogP contribution in [0.15, 0.2) is 108 Å². The number of hydrogen-bond donors (Lipinski definition) is 2. The molecule has 0 aliphatic rings. The fraction of sp³-hybridized carbons (Fsp3) is 0.129. The molecular formula is C31H29ClN4O6S. The maximum absolute atomic E-state index is 12.8. The summed E-state index contributed by atoms with van der Waals surface area (Å²) in [5.41, 5.74) is 3.81. The highest BCUT2D eigenvalue weighted by atomic mass is 35.5. The lowest BCUT2D eigenvalue weighted by atomic mass is 10.2. The zero-order valence-corrected chi connectivity index (χ0v) is 24.9. The van der Waals surface area contributed by atoms with Crippen LogP contribution < -0.4 is 24.5 Å². The molecular weight excluding hydrogens is 592 g/mol. The highest BCUT2D eigenvalue weighted by Gasteiger charge is 2.29. The number of carbonyl (C=O) groups excluding carboxylic acids is 2. The van der Waals surface area contributed by atoms with Gasteiger partial charge in [-0.3, -0.25) is 13.9 Å². The van der Waals surface area contributed by atoms with Crippen LogP contribution in [0.3, 0.4) is 0 Å². The van der Waals surface area contributed by atoms with E-state index in [4.69, 9.17) is 21.1 Å². The molecule has 1 atom stereocenters. The summed E-state index contributed by atoms with van der Waals surface area (Å²) in [6.45, 7) is 1.25. The minimum atomic E-state index is -3.82. The Morgan fingerprint density at radius 1 is 0.884 bits per heavy atom. The normalized spacial score (nSPS) is 11.9. The topological polar surface area (TPSA) is 126 Å². The van der Waals surface area contributed by atoms with Crippen molar-refractivity contribution in [3.8, 4) is 17.2 Å². The van der Waals surface area contributed by atoms with Crippen molar-refractivity contribution in [2.24, 2.45) is 5.10 Å². The standard InChI is InChI=1S/C31H29ClN4O6S/c1-22(36(43(2,39)40)24-14-18-27(19-15-24)42-26-8-4-3-5-9-26)31(38)35-33-20-23-12-16-25(17-13-23)41-21-30(37)34-29-11-7-6-10-28(29)32/h3-20,22H,21H2,1-2H3,(H,34,37)(H,35,38)/b33-20-/t22-/m0/s1. The molecule has 4 aromatic carbocycles. The lowest BCUT2D eigenvalue weighted by Crippen LogP contribution is -2.46. The number of sulfonamides is 1. The van der Waals surface area contributed by atoms with E-state index in [0.717, 1.165) is 10.6 Å². The summed E-state index contributed by atoms with van der Waals surface area (Å²) in [6, 6.07) is 28.0. The SMILES string of the molecule is C[C@@H](C(=O)N/N=C\c1ccc(OCC(=O)Nc2ccccc2Cl)cc1)N(c1ccc(Oc2ccccc2)cc1)S(C)(=O)=O. The zero-order valence-electron chi connectivity index (χ0n) is 23.3. The summed E-state index contributed by atoms with van der Waals surface area (Å²) >= 11 is 6.05. The Balaban J connectivity index is 1.31. The molecule has 4 aromatic rings. The van der Waals surface area contributed by atoms with Crippen molar-refractivity contribution >= 4 is 51.0 Å². The summed E-state index contributed by atoms with van der Waals surface area (Å²) < 4.78 is 37.5. The summed E-state index contributed by atoms with van der Waals surface area (Å²) in [5, 5.41) is 7.06. The molecule has 0 fully saturated rings. The van der Waals surface area contributed by atoms with E-state index in [0.29, 0.717) is 39.2 Å². The molecule has 12 heteroatoms. The second-order valence-electron chi connectivity index (χ2n) is 9.26. The van der Waals surface area contributed by atoms with Gasteiger partial charge in [0.05, 0.1) is 28.9 Å². The lowest BCUT2D eigenvalue weighted by molar-refractivity contribution is -0.121. The van der Waals surface area contributed by atoms with Gasteiger partial charge in [0.25, 0.3) is 11.8 Å². The van der Waals surface area contributed by atoms with Crippen LogP contribution in [-0.2, 0) is 19.6 Å². The molecule has 0 aliphatic heterocycles. The number of nitrogens with zero attached hydrogens (tertiary/aromatic N) is 2. The van der Waals surface area contributed by atoms with Gasteiger partial charge in [0, 0.05) is 0 Å². The third-order valence-electron chi connectivity index (χ3n) is 5.94. The highest BCUT2D eigenvalue weighted by molar-refractivity contribution is 7.92. The van der Waals surface area contributed by atoms with E-state index < -0.39 is 22.0 Å². The lowest BCUT2D eigenvalue weighted by Gasteiger charge is -2.27. The van der Waals surface area contributed by atoms with E-state index in [-0.39, 0.29) is 12.5 Å². The average molecular weight is 621 g/mol. The molecule has 0 aliphatic carbocycles. The van der Waals surface area contributed by atoms with E-state index in [1.54, 1.807) is 84.9 Å². The van der Waals surface area contributed by atoms with Crippen LogP contribution in [0.4, 0.5) is 11.4 Å². The summed E-state index contributed by atoms with van der Waals surface area (Å²) in [5.74, 6) is 0.612. The Morgan fingerprint density at radius 3 is 2.14 bits per heavy atom. The van der Waals surface area contributed by atoms with Crippen LogP contribution in [-0.4, -0.2) is 45.4 Å². The van der Waals surface area contributed by atoms with E-state index >= 15 is 0 Å². The molecule has 43 heavy (non-hydrogen) atoms. The van der Waals surface area contributed by atoms with E-state index in [9.17, 15) is 18.0 Å². The van der Waals surface area contributed by atoms with Crippen molar-refractivity contribution in [1.82, 2.24) is 5.43 Å². The van der Waals surface area contributed by atoms with Gasteiger partial charge in [0.15, 0.2) is 6.61 Å². The van der Waals surface area contributed by atoms with E-state index in [2.05, 4.69) is 15.8 Å². The van der Waals surface area contributed by atoms with Crippen molar-refractivity contribution in [2.45, 2.75) is 13.0 Å². The van der Waals surface area contributed by atoms with Crippen LogP contribution in [0.1, 0.15) is 12.5 Å². The molecule has 222 valence electrons. The fourth-order valence-electron chi connectivity index (χ4n) is 3.91. The Hall–Kier alpha value is -4.87. The number of hydrazone groups is 1. The van der Waals surface area contributed by atoms with Gasteiger partial charge >= 0.3 is 0 Å². The molecule has 0 bridgehead atoms. The molecule has 4 rings (SSSR count). The third kappa shape index (κ3) is 9.06. The van der Waals surface area contributed by atoms with Crippen molar-refractivity contribution in [3.63, 3.8) is 0 Å². The van der Waals surface area contributed by atoms with Crippen LogP contribution in [0.25, 0.3) is 0 Å². The van der Waals surface area contributed by atoms with E-state index in [1.807, 2.05) is 18.2 Å². The smallest absolute Gasteiger partial charge is 0.263 e. The predicted molar refractivity (Wildman–Crippen MR) is 167 cm³/mol. The Labute approximate surface area is 254 Å². The molecule has 0 saturated carbocycles. The van der Waals surface area contributed by atoms with Crippen molar-refractivity contribution < 1.29 is 27.5 Å². The van der Waals surface area contributed by atoms with Gasteiger partial charge in [-0.1, -0.05) is 41.9 Å². The van der Waals surface area contributed by atoms with Gasteiger partial charge in [-0.2, -0.15) is 5.10 Å². The third-order valence-corrected chi connectivity index (χ3v) is 7.52. The van der Waals surface area contributed by atoms with Crippen molar-refractivity contribution in [2.75, 3.05) is 22.5 Å². The molecule has 2 N–H and O–H groups in total. The maximum Gasteiger partial charge on any atom is 0.263 e. The Morgan fingerprint density at radius 2 is 1.49 bits per heavy atom. The quantitative estimate of drug-likeness (QED) is 0.160. The Kier molecular flexibility index (Phi) is 10.4. The van der Waals surface area contributed by atoms with Gasteiger partial charge in [-0.05, 0) is 85.3 Å². The second-order valence-corrected chi connectivity index (χ2v) is 11.5. The number of carbonyl (C=O) groups is 2. The molecule has 0 aromatic heterocycles. The number of anilines is 2. The van der Waals surface area contributed by atoms with Gasteiger partial charge in [0.2, 0.25) is 10.0 Å². The first-order chi connectivity index (χ1) is 20.6. The summed E-state index contributed by atoms with van der Waals surface area (Å²) in [6.07, 6.45) is 2.43. The molecule has 0 unspecified atom stereocenters. The minimum Gasteiger partial charge on any atom is -0.484 e. The highest BCUT2D eigenvalue weighted by Crippen LogP contribution is 2.27. The molecule has 2 amide bonds. The van der Waals surface area contributed by atoms with Crippen LogP contribution in [0, 0.1) is 0 Å². The van der Waals surface area contributed by atoms with Crippen molar-refractivity contribution in [3.05, 3.63) is 114 Å². The second kappa shape index (κ2) is 14.3.